The van der Waals surface area contributed by atoms with Crippen LogP contribution in [0, 0.1) is 0 Å². The molecule has 0 bridgehead atoms. The fourth-order valence-electron chi connectivity index (χ4n) is 1.25. The minimum Gasteiger partial charge on any atom is -0.385 e. The largest absolute Gasteiger partial charge is 0.385 e. The molecular formula is C12H19N3O. The standard InChI is InChI=1S/C12H19N3O/c1-10(13)12(16)15-9-5-8-14-11-6-3-2-4-7-11/h2-4,6-7,10,14H,5,8-9,13H2,1H3,(H,15,16). The van der Waals surface area contributed by atoms with Crippen molar-refractivity contribution in [1.82, 2.24) is 5.32 Å². The molecule has 0 saturated heterocycles. The van der Waals surface area contributed by atoms with Crippen molar-refractivity contribution in [3.8, 4) is 0 Å². The molecule has 0 heterocycles. The van der Waals surface area contributed by atoms with Crippen LogP contribution >= 0.6 is 0 Å². The van der Waals surface area contributed by atoms with Crippen LogP contribution in [-0.4, -0.2) is 25.0 Å². The molecular weight excluding hydrogens is 202 g/mol. The van der Waals surface area contributed by atoms with Crippen LogP contribution in [0.2, 0.25) is 0 Å². The van der Waals surface area contributed by atoms with Gasteiger partial charge in [0.2, 0.25) is 5.91 Å². The molecule has 0 saturated carbocycles. The van der Waals surface area contributed by atoms with Gasteiger partial charge in [-0.2, -0.15) is 0 Å². The highest BCUT2D eigenvalue weighted by Gasteiger charge is 2.04. The molecule has 88 valence electrons. The summed E-state index contributed by atoms with van der Waals surface area (Å²) in [5.41, 5.74) is 6.51. The van der Waals surface area contributed by atoms with Crippen molar-refractivity contribution in [3.05, 3.63) is 30.3 Å². The molecule has 0 fully saturated rings. The molecule has 0 aliphatic heterocycles. The van der Waals surface area contributed by atoms with E-state index in [1.807, 2.05) is 30.3 Å². The highest BCUT2D eigenvalue weighted by atomic mass is 16.2. The molecule has 1 aromatic rings. The summed E-state index contributed by atoms with van der Waals surface area (Å²) in [5.74, 6) is -0.0975. The van der Waals surface area contributed by atoms with E-state index in [2.05, 4.69) is 10.6 Å². The lowest BCUT2D eigenvalue weighted by Gasteiger charge is -2.08. The SMILES string of the molecule is CC(N)C(=O)NCCCNc1ccccc1. The summed E-state index contributed by atoms with van der Waals surface area (Å²) in [6.45, 7) is 3.17. The third kappa shape index (κ3) is 4.79. The van der Waals surface area contributed by atoms with Gasteiger partial charge in [-0.25, -0.2) is 0 Å². The number of rotatable bonds is 6. The van der Waals surface area contributed by atoms with Crippen LogP contribution < -0.4 is 16.4 Å². The van der Waals surface area contributed by atoms with Crippen LogP contribution in [0.1, 0.15) is 13.3 Å². The molecule has 0 radical (unpaired) electrons. The van der Waals surface area contributed by atoms with Crippen molar-refractivity contribution in [2.24, 2.45) is 5.73 Å². The van der Waals surface area contributed by atoms with Crippen molar-refractivity contribution in [1.29, 1.82) is 0 Å². The molecule has 1 atom stereocenters. The first-order chi connectivity index (χ1) is 7.70. The fraction of sp³-hybridized carbons (Fsp3) is 0.417. The number of carbonyl (C=O) groups is 1. The van der Waals surface area contributed by atoms with Crippen LogP contribution in [0.15, 0.2) is 30.3 Å². The third-order valence-corrected chi connectivity index (χ3v) is 2.17. The maximum atomic E-state index is 11.1. The first-order valence-electron chi connectivity index (χ1n) is 5.52. The number of anilines is 1. The summed E-state index contributed by atoms with van der Waals surface area (Å²) in [5, 5.41) is 6.03. The fourth-order valence-corrected chi connectivity index (χ4v) is 1.25. The molecule has 1 amide bonds. The van der Waals surface area contributed by atoms with Crippen molar-refractivity contribution in [2.75, 3.05) is 18.4 Å². The van der Waals surface area contributed by atoms with Gasteiger partial charge in [-0.1, -0.05) is 18.2 Å². The minimum absolute atomic E-state index is 0.0975. The van der Waals surface area contributed by atoms with E-state index in [1.165, 1.54) is 0 Å². The minimum atomic E-state index is -0.429. The molecule has 0 aromatic heterocycles. The Morgan fingerprint density at radius 2 is 2.00 bits per heavy atom. The van der Waals surface area contributed by atoms with E-state index in [0.717, 1.165) is 18.7 Å². The lowest BCUT2D eigenvalue weighted by atomic mass is 10.3. The number of hydrogen-bond acceptors (Lipinski definition) is 3. The summed E-state index contributed by atoms with van der Waals surface area (Å²) < 4.78 is 0. The van der Waals surface area contributed by atoms with Crippen LogP contribution in [0.25, 0.3) is 0 Å². The Kier molecular flexibility index (Phi) is 5.36. The Labute approximate surface area is 96.2 Å². The van der Waals surface area contributed by atoms with E-state index in [0.29, 0.717) is 6.54 Å². The number of nitrogens with two attached hydrogens (primary N) is 1. The normalized spacial score (nSPS) is 11.9. The first kappa shape index (κ1) is 12.5. The monoisotopic (exact) mass is 221 g/mol. The Bertz CT molecular complexity index is 311. The summed E-state index contributed by atoms with van der Waals surface area (Å²) >= 11 is 0. The van der Waals surface area contributed by atoms with Gasteiger partial charge in [0.15, 0.2) is 0 Å². The Balaban J connectivity index is 2.07. The van der Waals surface area contributed by atoms with E-state index in [-0.39, 0.29) is 5.91 Å². The van der Waals surface area contributed by atoms with Gasteiger partial charge in [0.1, 0.15) is 0 Å². The zero-order valence-corrected chi connectivity index (χ0v) is 9.57. The van der Waals surface area contributed by atoms with Gasteiger partial charge in [-0.3, -0.25) is 4.79 Å². The molecule has 16 heavy (non-hydrogen) atoms. The molecule has 4 heteroatoms. The zero-order chi connectivity index (χ0) is 11.8. The number of para-hydroxylation sites is 1. The third-order valence-electron chi connectivity index (χ3n) is 2.17. The number of nitrogens with one attached hydrogen (secondary N) is 2. The maximum absolute atomic E-state index is 11.1. The number of amides is 1. The topological polar surface area (TPSA) is 67.2 Å². The van der Waals surface area contributed by atoms with E-state index in [1.54, 1.807) is 6.92 Å². The van der Waals surface area contributed by atoms with E-state index in [4.69, 9.17) is 5.73 Å². The smallest absolute Gasteiger partial charge is 0.236 e. The Hall–Kier alpha value is -1.55. The van der Waals surface area contributed by atoms with Gasteiger partial charge in [0, 0.05) is 18.8 Å². The van der Waals surface area contributed by atoms with Gasteiger partial charge in [0.05, 0.1) is 6.04 Å². The van der Waals surface area contributed by atoms with Crippen molar-refractivity contribution >= 4 is 11.6 Å². The second-order valence-corrected chi connectivity index (χ2v) is 3.73. The number of carbonyl (C=O) groups excluding carboxylic acids is 1. The van der Waals surface area contributed by atoms with Gasteiger partial charge in [-0.05, 0) is 25.5 Å². The highest BCUT2D eigenvalue weighted by molar-refractivity contribution is 5.80. The molecule has 1 aromatic carbocycles. The molecule has 1 rings (SSSR count). The van der Waals surface area contributed by atoms with E-state index < -0.39 is 6.04 Å². The summed E-state index contributed by atoms with van der Waals surface area (Å²) in [6, 6.07) is 9.55. The van der Waals surface area contributed by atoms with Gasteiger partial charge < -0.3 is 16.4 Å². The predicted molar refractivity (Wildman–Crippen MR) is 66.2 cm³/mol. The maximum Gasteiger partial charge on any atom is 0.236 e. The molecule has 1 unspecified atom stereocenters. The average Bonchev–Trinajstić information content (AvgIpc) is 2.29. The van der Waals surface area contributed by atoms with Crippen LogP contribution in [0.4, 0.5) is 5.69 Å². The molecule has 0 spiro atoms. The first-order valence-corrected chi connectivity index (χ1v) is 5.52. The highest BCUT2D eigenvalue weighted by Crippen LogP contribution is 2.03. The molecule has 4 nitrogen and oxygen atoms in total. The Morgan fingerprint density at radius 3 is 2.62 bits per heavy atom. The Morgan fingerprint density at radius 1 is 1.31 bits per heavy atom. The van der Waals surface area contributed by atoms with Crippen molar-refractivity contribution in [3.63, 3.8) is 0 Å². The summed E-state index contributed by atoms with van der Waals surface area (Å²) in [4.78, 5) is 11.1. The van der Waals surface area contributed by atoms with E-state index >= 15 is 0 Å². The van der Waals surface area contributed by atoms with Crippen molar-refractivity contribution < 1.29 is 4.79 Å². The van der Waals surface area contributed by atoms with E-state index in [9.17, 15) is 4.79 Å². The second kappa shape index (κ2) is 6.85. The van der Waals surface area contributed by atoms with Gasteiger partial charge in [0.25, 0.3) is 0 Å². The van der Waals surface area contributed by atoms with Crippen LogP contribution in [-0.2, 0) is 4.79 Å². The number of hydrogen-bond donors (Lipinski definition) is 3. The zero-order valence-electron chi connectivity index (χ0n) is 9.57. The van der Waals surface area contributed by atoms with Gasteiger partial charge in [-0.15, -0.1) is 0 Å². The second-order valence-electron chi connectivity index (χ2n) is 3.73. The average molecular weight is 221 g/mol. The molecule has 0 aliphatic carbocycles. The van der Waals surface area contributed by atoms with Crippen LogP contribution in [0.5, 0.6) is 0 Å². The quantitative estimate of drug-likeness (QED) is 0.627. The van der Waals surface area contributed by atoms with Crippen molar-refractivity contribution in [2.45, 2.75) is 19.4 Å². The number of benzene rings is 1. The van der Waals surface area contributed by atoms with Crippen LogP contribution in [0.3, 0.4) is 0 Å². The van der Waals surface area contributed by atoms with Gasteiger partial charge >= 0.3 is 0 Å². The molecule has 0 aliphatic rings. The lowest BCUT2D eigenvalue weighted by Crippen LogP contribution is -2.39. The molecule has 4 N–H and O–H groups in total. The predicted octanol–water partition coefficient (Wildman–Crippen LogP) is 0.952. The summed E-state index contributed by atoms with van der Waals surface area (Å²) in [6.07, 6.45) is 0.882. The summed E-state index contributed by atoms with van der Waals surface area (Å²) in [7, 11) is 0. The lowest BCUT2D eigenvalue weighted by molar-refractivity contribution is -0.121.